The van der Waals surface area contributed by atoms with E-state index in [9.17, 15) is 0 Å². The van der Waals surface area contributed by atoms with Crippen molar-refractivity contribution in [1.82, 2.24) is 9.55 Å². The van der Waals surface area contributed by atoms with Gasteiger partial charge in [0.05, 0.1) is 30.6 Å². The maximum atomic E-state index is 6.49. The summed E-state index contributed by atoms with van der Waals surface area (Å²) in [5.74, 6) is -0.241. The van der Waals surface area contributed by atoms with Crippen LogP contribution < -0.4 is 5.73 Å². The van der Waals surface area contributed by atoms with Crippen molar-refractivity contribution in [2.45, 2.75) is 23.3 Å². The summed E-state index contributed by atoms with van der Waals surface area (Å²) in [5, 5.41) is 1.08. The van der Waals surface area contributed by atoms with Gasteiger partial charge in [-0.2, -0.15) is 0 Å². The zero-order valence-corrected chi connectivity index (χ0v) is 17.3. The van der Waals surface area contributed by atoms with Gasteiger partial charge in [-0.1, -0.05) is 29.3 Å². The molecule has 1 fully saturated rings. The highest BCUT2D eigenvalue weighted by molar-refractivity contribution is 7.99. The maximum absolute atomic E-state index is 6.49. The van der Waals surface area contributed by atoms with Gasteiger partial charge in [0, 0.05) is 39.3 Å². The normalized spacial score (nSPS) is 21.9. The Hall–Kier alpha value is -1.70. The molecular weight excluding hydrogens is 417 g/mol. The first-order valence-corrected chi connectivity index (χ1v) is 10.5. The van der Waals surface area contributed by atoms with Gasteiger partial charge in [-0.3, -0.25) is 0 Å². The van der Waals surface area contributed by atoms with Crippen LogP contribution in [0.1, 0.15) is 5.56 Å². The maximum Gasteiger partial charge on any atom is 0.215 e. The van der Waals surface area contributed by atoms with Crippen LogP contribution in [0.15, 0.2) is 66.1 Å². The van der Waals surface area contributed by atoms with Crippen molar-refractivity contribution >= 4 is 40.7 Å². The van der Waals surface area contributed by atoms with Crippen LogP contribution in [0.25, 0.3) is 0 Å². The van der Waals surface area contributed by atoms with E-state index in [1.807, 2.05) is 41.1 Å². The molecule has 2 heterocycles. The Balaban J connectivity index is 1.54. The van der Waals surface area contributed by atoms with Crippen LogP contribution in [0.3, 0.4) is 0 Å². The number of hydrogen-bond acceptors (Lipinski definition) is 5. The predicted octanol–water partition coefficient (Wildman–Crippen LogP) is 4.83. The highest BCUT2D eigenvalue weighted by Gasteiger charge is 2.45. The average molecular weight is 436 g/mol. The summed E-state index contributed by atoms with van der Waals surface area (Å²) >= 11 is 14.3. The number of aromatic nitrogens is 2. The number of benzene rings is 2. The fraction of sp³-hybridized carbons (Fsp3) is 0.250. The van der Waals surface area contributed by atoms with Gasteiger partial charge in [-0.05, 0) is 36.4 Å². The standard InChI is InChI=1S/C20H19Cl2N3O2S/c21-14-1-6-18(19(22)9-14)20(12-25-8-7-24-13-25)26-10-16(27-20)11-28-17-4-2-15(23)3-5-17/h1-9,13,16H,10-12,23H2/t16-,20+/m0/s1. The minimum atomic E-state index is -0.991. The molecule has 2 N–H and O–H groups in total. The molecule has 1 aliphatic rings. The fourth-order valence-electron chi connectivity index (χ4n) is 3.13. The SMILES string of the molecule is Nc1ccc(SC[C@@H]2CO[C@@](Cn3ccnc3)(c3ccc(Cl)cc3Cl)O2)cc1. The summed E-state index contributed by atoms with van der Waals surface area (Å²) in [7, 11) is 0. The van der Waals surface area contributed by atoms with Gasteiger partial charge in [0.2, 0.25) is 5.79 Å². The predicted molar refractivity (Wildman–Crippen MR) is 113 cm³/mol. The van der Waals surface area contributed by atoms with Gasteiger partial charge in [-0.15, -0.1) is 11.8 Å². The van der Waals surface area contributed by atoms with Crippen molar-refractivity contribution in [2.24, 2.45) is 0 Å². The molecule has 5 nitrogen and oxygen atoms in total. The molecule has 1 aliphatic heterocycles. The molecular formula is C20H19Cl2N3O2S. The summed E-state index contributed by atoms with van der Waals surface area (Å²) < 4.78 is 14.6. The second-order valence-electron chi connectivity index (χ2n) is 6.54. The van der Waals surface area contributed by atoms with Crippen molar-refractivity contribution in [3.8, 4) is 0 Å². The summed E-state index contributed by atoms with van der Waals surface area (Å²) in [6, 6.07) is 13.2. The lowest BCUT2D eigenvalue weighted by Gasteiger charge is -2.30. The highest BCUT2D eigenvalue weighted by atomic mass is 35.5. The van der Waals surface area contributed by atoms with E-state index in [-0.39, 0.29) is 6.10 Å². The molecule has 0 aliphatic carbocycles. The smallest absolute Gasteiger partial charge is 0.215 e. The molecule has 146 valence electrons. The van der Waals surface area contributed by atoms with Crippen LogP contribution in [0.4, 0.5) is 5.69 Å². The highest BCUT2D eigenvalue weighted by Crippen LogP contribution is 2.41. The van der Waals surface area contributed by atoms with E-state index in [1.54, 1.807) is 36.4 Å². The minimum Gasteiger partial charge on any atom is -0.399 e. The molecule has 2 atom stereocenters. The molecule has 1 saturated heterocycles. The Kier molecular flexibility index (Phi) is 5.85. The van der Waals surface area contributed by atoms with E-state index in [0.29, 0.717) is 23.2 Å². The summed E-state index contributed by atoms with van der Waals surface area (Å²) in [6.45, 7) is 0.910. The van der Waals surface area contributed by atoms with Gasteiger partial charge in [-0.25, -0.2) is 4.98 Å². The van der Waals surface area contributed by atoms with Crippen molar-refractivity contribution in [2.75, 3.05) is 18.1 Å². The zero-order chi connectivity index (χ0) is 19.6. The third-order valence-corrected chi connectivity index (χ3v) is 6.16. The van der Waals surface area contributed by atoms with Crippen molar-refractivity contribution in [3.63, 3.8) is 0 Å². The number of ether oxygens (including phenoxy) is 2. The number of imidazole rings is 1. The first-order valence-electron chi connectivity index (χ1n) is 8.75. The van der Waals surface area contributed by atoms with Crippen molar-refractivity contribution in [1.29, 1.82) is 0 Å². The van der Waals surface area contributed by atoms with Crippen molar-refractivity contribution < 1.29 is 9.47 Å². The third kappa shape index (κ3) is 4.31. The Morgan fingerprint density at radius 3 is 2.75 bits per heavy atom. The molecule has 0 saturated carbocycles. The first kappa shape index (κ1) is 19.6. The molecule has 8 heteroatoms. The number of halogens is 2. The van der Waals surface area contributed by atoms with E-state index < -0.39 is 5.79 Å². The monoisotopic (exact) mass is 435 g/mol. The summed E-state index contributed by atoms with van der Waals surface area (Å²) in [5.41, 5.74) is 7.26. The van der Waals surface area contributed by atoms with Crippen LogP contribution in [0.5, 0.6) is 0 Å². The van der Waals surface area contributed by atoms with E-state index >= 15 is 0 Å². The average Bonchev–Trinajstić information content (AvgIpc) is 3.32. The van der Waals surface area contributed by atoms with Gasteiger partial charge in [0.15, 0.2) is 0 Å². The van der Waals surface area contributed by atoms with Gasteiger partial charge < -0.3 is 19.8 Å². The number of nitrogen functional groups attached to an aromatic ring is 1. The lowest BCUT2D eigenvalue weighted by Crippen LogP contribution is -2.34. The number of rotatable bonds is 6. The molecule has 0 unspecified atom stereocenters. The Morgan fingerprint density at radius 1 is 1.21 bits per heavy atom. The van der Waals surface area contributed by atoms with Crippen molar-refractivity contribution in [3.05, 3.63) is 76.8 Å². The first-order chi connectivity index (χ1) is 13.5. The van der Waals surface area contributed by atoms with E-state index in [2.05, 4.69) is 4.98 Å². The molecule has 0 spiro atoms. The molecule has 0 bridgehead atoms. The fourth-order valence-corrected chi connectivity index (χ4v) is 4.55. The third-order valence-electron chi connectivity index (χ3n) is 4.47. The van der Waals surface area contributed by atoms with Crippen LogP contribution in [-0.2, 0) is 21.8 Å². The quantitative estimate of drug-likeness (QED) is 0.443. The van der Waals surface area contributed by atoms with E-state index in [1.165, 1.54) is 0 Å². The summed E-state index contributed by atoms with van der Waals surface area (Å²) in [6.07, 6.45) is 5.24. The lowest BCUT2D eigenvalue weighted by molar-refractivity contribution is -0.184. The number of anilines is 1. The van der Waals surface area contributed by atoms with Crippen LogP contribution in [0, 0.1) is 0 Å². The molecule has 28 heavy (non-hydrogen) atoms. The molecule has 1 aromatic heterocycles. The van der Waals surface area contributed by atoms with Crippen LogP contribution >= 0.6 is 35.0 Å². The number of hydrogen-bond donors (Lipinski definition) is 1. The Bertz CT molecular complexity index is 937. The van der Waals surface area contributed by atoms with Gasteiger partial charge in [0.25, 0.3) is 0 Å². The number of nitrogens with zero attached hydrogens (tertiary/aromatic N) is 2. The van der Waals surface area contributed by atoms with Gasteiger partial charge in [0.1, 0.15) is 0 Å². The van der Waals surface area contributed by atoms with Crippen LogP contribution in [-0.4, -0.2) is 28.0 Å². The zero-order valence-electron chi connectivity index (χ0n) is 14.9. The Morgan fingerprint density at radius 2 is 2.04 bits per heavy atom. The molecule has 3 aromatic rings. The number of thioether (sulfide) groups is 1. The topological polar surface area (TPSA) is 62.3 Å². The second-order valence-corrected chi connectivity index (χ2v) is 8.48. The molecule has 2 aromatic carbocycles. The lowest BCUT2D eigenvalue weighted by atomic mass is 10.1. The Labute approximate surface area is 177 Å². The van der Waals surface area contributed by atoms with E-state index in [0.717, 1.165) is 21.9 Å². The largest absolute Gasteiger partial charge is 0.399 e. The minimum absolute atomic E-state index is 0.0854. The van der Waals surface area contributed by atoms with Crippen LogP contribution in [0.2, 0.25) is 10.0 Å². The molecule has 0 amide bonds. The van der Waals surface area contributed by atoms with Gasteiger partial charge >= 0.3 is 0 Å². The second kappa shape index (κ2) is 8.35. The molecule has 0 radical (unpaired) electrons. The molecule has 4 rings (SSSR count). The summed E-state index contributed by atoms with van der Waals surface area (Å²) in [4.78, 5) is 5.24. The number of nitrogens with two attached hydrogens (primary N) is 1. The van der Waals surface area contributed by atoms with E-state index in [4.69, 9.17) is 38.4 Å².